The number of carboxylic acids is 1. The summed E-state index contributed by atoms with van der Waals surface area (Å²) >= 11 is 0. The fourth-order valence-corrected chi connectivity index (χ4v) is 1.66. The van der Waals surface area contributed by atoms with E-state index in [9.17, 15) is 9.90 Å². The molecule has 0 aliphatic heterocycles. The Morgan fingerprint density at radius 3 is 2.79 bits per heavy atom. The van der Waals surface area contributed by atoms with Crippen LogP contribution in [0.5, 0.6) is 0 Å². The fraction of sp³-hybridized carbons (Fsp3) is 0.400. The molecular weight excluding hydrogens is 252 g/mol. The minimum Gasteiger partial charge on any atom is -0.479 e. The molecule has 0 radical (unpaired) electrons. The van der Waals surface area contributed by atoms with Crippen molar-refractivity contribution in [3.8, 4) is 0 Å². The van der Waals surface area contributed by atoms with E-state index in [1.54, 1.807) is 19.0 Å². The van der Waals surface area contributed by atoms with Crippen molar-refractivity contribution in [3.63, 3.8) is 0 Å². The van der Waals surface area contributed by atoms with Crippen LogP contribution >= 0.6 is 0 Å². The third kappa shape index (κ3) is 2.40. The van der Waals surface area contributed by atoms with E-state index in [1.807, 2.05) is 0 Å². The van der Waals surface area contributed by atoms with Crippen molar-refractivity contribution in [1.29, 1.82) is 0 Å². The zero-order valence-corrected chi connectivity index (χ0v) is 10.5. The van der Waals surface area contributed by atoms with Gasteiger partial charge in [-0.25, -0.2) is 9.78 Å². The van der Waals surface area contributed by atoms with Gasteiger partial charge in [-0.05, 0) is 0 Å². The summed E-state index contributed by atoms with van der Waals surface area (Å²) in [5.41, 5.74) is 6.50. The fourth-order valence-electron chi connectivity index (χ4n) is 1.66. The van der Waals surface area contributed by atoms with E-state index in [4.69, 9.17) is 10.8 Å². The number of carboxylic acid groups (broad SMARTS) is 1. The molecule has 0 spiro atoms. The van der Waals surface area contributed by atoms with Gasteiger partial charge in [0, 0.05) is 14.1 Å². The maximum atomic E-state index is 10.7. The predicted molar refractivity (Wildman–Crippen MR) is 67.7 cm³/mol. The quantitative estimate of drug-likeness (QED) is 0.637. The molecule has 9 nitrogen and oxygen atoms in total. The highest BCUT2D eigenvalue weighted by Crippen LogP contribution is 2.21. The van der Waals surface area contributed by atoms with E-state index in [0.717, 1.165) is 0 Å². The lowest BCUT2D eigenvalue weighted by Gasteiger charge is -2.12. The first-order chi connectivity index (χ1) is 8.90. The van der Waals surface area contributed by atoms with Crippen molar-refractivity contribution < 1.29 is 15.0 Å². The van der Waals surface area contributed by atoms with Gasteiger partial charge in [-0.1, -0.05) is 0 Å². The molecular formula is C10H14N6O3. The lowest BCUT2D eigenvalue weighted by Crippen LogP contribution is -2.25. The van der Waals surface area contributed by atoms with Crippen molar-refractivity contribution in [2.75, 3.05) is 24.7 Å². The SMILES string of the molecule is CN(C)c1nc(N)nc2c1ncn2CC(O)C(=O)O. The molecule has 0 bridgehead atoms. The molecule has 102 valence electrons. The number of anilines is 2. The van der Waals surface area contributed by atoms with Gasteiger partial charge in [0.15, 0.2) is 23.1 Å². The summed E-state index contributed by atoms with van der Waals surface area (Å²) in [6.07, 6.45) is -0.130. The Labute approximate surface area is 108 Å². The highest BCUT2D eigenvalue weighted by molar-refractivity contribution is 5.84. The molecule has 4 N–H and O–H groups in total. The lowest BCUT2D eigenvalue weighted by atomic mass is 10.3. The number of aliphatic hydroxyl groups excluding tert-OH is 1. The summed E-state index contributed by atoms with van der Waals surface area (Å²) in [6.45, 7) is -0.158. The third-order valence-electron chi connectivity index (χ3n) is 2.54. The Hall–Kier alpha value is -2.42. The topological polar surface area (TPSA) is 130 Å². The van der Waals surface area contributed by atoms with E-state index < -0.39 is 12.1 Å². The molecule has 2 heterocycles. The first-order valence-corrected chi connectivity index (χ1v) is 5.46. The minimum absolute atomic E-state index is 0.0581. The molecule has 1 atom stereocenters. The highest BCUT2D eigenvalue weighted by atomic mass is 16.4. The second kappa shape index (κ2) is 4.69. The van der Waals surface area contributed by atoms with Gasteiger partial charge in [0.25, 0.3) is 0 Å². The molecule has 19 heavy (non-hydrogen) atoms. The summed E-state index contributed by atoms with van der Waals surface area (Å²) in [5, 5.41) is 18.1. The summed E-state index contributed by atoms with van der Waals surface area (Å²) in [5.74, 6) is -0.717. The van der Waals surface area contributed by atoms with E-state index >= 15 is 0 Å². The van der Waals surface area contributed by atoms with Gasteiger partial charge in [-0.15, -0.1) is 0 Å². The Morgan fingerprint density at radius 1 is 1.53 bits per heavy atom. The van der Waals surface area contributed by atoms with Crippen LogP contribution in [0.15, 0.2) is 6.33 Å². The van der Waals surface area contributed by atoms with Crippen molar-refractivity contribution in [2.45, 2.75) is 12.6 Å². The Morgan fingerprint density at radius 2 is 2.21 bits per heavy atom. The van der Waals surface area contributed by atoms with Gasteiger partial charge in [-0.2, -0.15) is 9.97 Å². The van der Waals surface area contributed by atoms with Crippen LogP contribution in [0, 0.1) is 0 Å². The molecule has 0 aromatic carbocycles. The van der Waals surface area contributed by atoms with Crippen LogP contribution in [-0.2, 0) is 11.3 Å². The third-order valence-corrected chi connectivity index (χ3v) is 2.54. The second-order valence-electron chi connectivity index (χ2n) is 4.22. The van der Waals surface area contributed by atoms with Crippen LogP contribution < -0.4 is 10.6 Å². The van der Waals surface area contributed by atoms with Crippen LogP contribution in [0.1, 0.15) is 0 Å². The van der Waals surface area contributed by atoms with E-state index in [1.165, 1.54) is 10.9 Å². The molecule has 0 aliphatic carbocycles. The number of nitrogen functional groups attached to an aromatic ring is 1. The zero-order chi connectivity index (χ0) is 14.2. The molecule has 2 rings (SSSR count). The molecule has 2 aromatic rings. The van der Waals surface area contributed by atoms with Crippen molar-refractivity contribution in [3.05, 3.63) is 6.33 Å². The zero-order valence-electron chi connectivity index (χ0n) is 10.5. The van der Waals surface area contributed by atoms with Crippen molar-refractivity contribution >= 4 is 28.9 Å². The summed E-state index contributed by atoms with van der Waals surface area (Å²) < 4.78 is 1.43. The highest BCUT2D eigenvalue weighted by Gasteiger charge is 2.18. The second-order valence-corrected chi connectivity index (χ2v) is 4.22. The Balaban J connectivity index is 2.51. The number of imidazole rings is 1. The number of aromatic nitrogens is 4. The number of carbonyl (C=O) groups is 1. The largest absolute Gasteiger partial charge is 0.479 e. The number of nitrogens with two attached hydrogens (primary N) is 1. The van der Waals surface area contributed by atoms with Crippen LogP contribution in [0.4, 0.5) is 11.8 Å². The van der Waals surface area contributed by atoms with Crippen molar-refractivity contribution in [2.24, 2.45) is 0 Å². The first kappa shape index (κ1) is 13.0. The van der Waals surface area contributed by atoms with Gasteiger partial charge in [-0.3, -0.25) is 0 Å². The molecule has 0 aliphatic rings. The number of nitrogens with zero attached hydrogens (tertiary/aromatic N) is 5. The summed E-state index contributed by atoms with van der Waals surface area (Å²) in [6, 6.07) is 0. The van der Waals surface area contributed by atoms with E-state index in [2.05, 4.69) is 15.0 Å². The van der Waals surface area contributed by atoms with Crippen LogP contribution in [-0.4, -0.2) is 55.9 Å². The summed E-state index contributed by atoms with van der Waals surface area (Å²) in [7, 11) is 3.57. The first-order valence-electron chi connectivity index (χ1n) is 5.46. The lowest BCUT2D eigenvalue weighted by molar-refractivity contribution is -0.147. The average molecular weight is 266 g/mol. The monoisotopic (exact) mass is 266 g/mol. The minimum atomic E-state index is -1.53. The molecule has 0 fully saturated rings. The number of aliphatic carboxylic acids is 1. The van der Waals surface area contributed by atoms with Gasteiger partial charge in [0.05, 0.1) is 12.9 Å². The number of fused-ring (bicyclic) bond motifs is 1. The number of hydrogen-bond donors (Lipinski definition) is 3. The molecule has 9 heteroatoms. The predicted octanol–water partition coefficient (Wildman–Crippen LogP) is -1.08. The molecule has 2 aromatic heterocycles. The van der Waals surface area contributed by atoms with Gasteiger partial charge >= 0.3 is 5.97 Å². The molecule has 1 unspecified atom stereocenters. The number of aliphatic hydroxyl groups is 1. The van der Waals surface area contributed by atoms with Crippen LogP contribution in [0.3, 0.4) is 0 Å². The number of hydrogen-bond acceptors (Lipinski definition) is 7. The standard InChI is InChI=1S/C10H14N6O3/c1-15(2)7-6-8(14-10(11)13-7)16(4-12-6)3-5(17)9(18)19/h4-5,17H,3H2,1-2H3,(H,18,19)(H2,11,13,14). The average Bonchev–Trinajstić information content (AvgIpc) is 2.71. The van der Waals surface area contributed by atoms with E-state index in [0.29, 0.717) is 17.0 Å². The smallest absolute Gasteiger partial charge is 0.334 e. The normalized spacial score (nSPS) is 12.6. The van der Waals surface area contributed by atoms with Gasteiger partial charge in [0.2, 0.25) is 5.95 Å². The Kier molecular flexibility index (Phi) is 3.21. The van der Waals surface area contributed by atoms with Gasteiger partial charge < -0.3 is 25.4 Å². The van der Waals surface area contributed by atoms with Crippen molar-refractivity contribution in [1.82, 2.24) is 19.5 Å². The molecule has 0 saturated carbocycles. The summed E-state index contributed by atoms with van der Waals surface area (Å²) in [4.78, 5) is 24.6. The van der Waals surface area contributed by atoms with Crippen LogP contribution in [0.25, 0.3) is 11.2 Å². The maximum absolute atomic E-state index is 10.7. The van der Waals surface area contributed by atoms with E-state index in [-0.39, 0.29) is 12.5 Å². The Bertz CT molecular complexity index is 623. The van der Waals surface area contributed by atoms with Crippen LogP contribution in [0.2, 0.25) is 0 Å². The molecule has 0 amide bonds. The maximum Gasteiger partial charge on any atom is 0.334 e. The number of rotatable bonds is 4. The molecule has 0 saturated heterocycles. The van der Waals surface area contributed by atoms with Gasteiger partial charge in [0.1, 0.15) is 0 Å².